The number of hydrogen-bond donors (Lipinski definition) is 1. The van der Waals surface area contributed by atoms with E-state index in [1.54, 1.807) is 12.3 Å². The lowest BCUT2D eigenvalue weighted by Gasteiger charge is -2.22. The second-order valence-corrected chi connectivity index (χ2v) is 5.69. The number of rotatable bonds is 6. The van der Waals surface area contributed by atoms with Gasteiger partial charge >= 0.3 is 6.18 Å². The van der Waals surface area contributed by atoms with E-state index < -0.39 is 11.7 Å². The zero-order valence-electron chi connectivity index (χ0n) is 13.9. The second-order valence-electron chi connectivity index (χ2n) is 5.69. The highest BCUT2D eigenvalue weighted by molar-refractivity contribution is 5.91. The monoisotopic (exact) mass is 352 g/mol. The van der Waals surface area contributed by atoms with Crippen LogP contribution in [-0.4, -0.2) is 31.4 Å². The average Bonchev–Trinajstić information content (AvgIpc) is 3.06. The third-order valence-electron chi connectivity index (χ3n) is 3.63. The fourth-order valence-corrected chi connectivity index (χ4v) is 2.23. The lowest BCUT2D eigenvalue weighted by atomic mass is 10.1. The maximum Gasteiger partial charge on any atom is 0.416 e. The van der Waals surface area contributed by atoms with Crippen molar-refractivity contribution in [2.45, 2.75) is 12.2 Å². The second kappa shape index (κ2) is 8.02. The minimum atomic E-state index is -4.37. The molecule has 25 heavy (non-hydrogen) atoms. The van der Waals surface area contributed by atoms with Crippen LogP contribution in [0.3, 0.4) is 0 Å². The van der Waals surface area contributed by atoms with Crippen LogP contribution in [0.1, 0.15) is 22.9 Å². The molecule has 0 aliphatic rings. The van der Waals surface area contributed by atoms with Crippen molar-refractivity contribution < 1.29 is 22.4 Å². The van der Waals surface area contributed by atoms with Crippen LogP contribution >= 0.6 is 0 Å². The van der Waals surface area contributed by atoms with Gasteiger partial charge in [0.05, 0.1) is 17.9 Å². The Hall–Kier alpha value is -2.54. The molecule has 0 saturated carbocycles. The molecular weight excluding hydrogens is 333 g/mol. The molecule has 7 heteroatoms. The summed E-state index contributed by atoms with van der Waals surface area (Å²) >= 11 is 0. The Labute approximate surface area is 143 Å². The van der Waals surface area contributed by atoms with E-state index in [2.05, 4.69) is 5.32 Å². The predicted octanol–water partition coefficient (Wildman–Crippen LogP) is 3.73. The van der Waals surface area contributed by atoms with Crippen LogP contribution in [0.4, 0.5) is 13.2 Å². The van der Waals surface area contributed by atoms with E-state index in [1.807, 2.05) is 25.1 Å². The largest absolute Gasteiger partial charge is 0.468 e. The third-order valence-corrected chi connectivity index (χ3v) is 3.63. The van der Waals surface area contributed by atoms with Crippen LogP contribution in [0.15, 0.2) is 53.2 Å². The smallest absolute Gasteiger partial charge is 0.416 e. The number of nitrogens with one attached hydrogen (secondary N) is 1. The summed E-state index contributed by atoms with van der Waals surface area (Å²) in [6, 6.07) is 8.09. The fraction of sp³-hybridized carbons (Fsp3) is 0.278. The molecule has 0 fully saturated rings. The fourth-order valence-electron chi connectivity index (χ4n) is 2.23. The van der Waals surface area contributed by atoms with Gasteiger partial charge in [0.2, 0.25) is 5.91 Å². The third kappa shape index (κ3) is 5.49. The molecule has 1 aromatic heterocycles. The molecule has 1 atom stereocenters. The van der Waals surface area contributed by atoms with Crippen molar-refractivity contribution in [3.63, 3.8) is 0 Å². The quantitative estimate of drug-likeness (QED) is 0.806. The lowest BCUT2D eigenvalue weighted by molar-refractivity contribution is -0.137. The summed E-state index contributed by atoms with van der Waals surface area (Å²) in [6.07, 6.45) is -0.0463. The van der Waals surface area contributed by atoms with Crippen LogP contribution in [0, 0.1) is 0 Å². The van der Waals surface area contributed by atoms with Gasteiger partial charge in [0.1, 0.15) is 5.76 Å². The first kappa shape index (κ1) is 18.8. The average molecular weight is 352 g/mol. The molecule has 4 nitrogen and oxygen atoms in total. The maximum absolute atomic E-state index is 12.5. The normalized spacial score (nSPS) is 13.4. The van der Waals surface area contributed by atoms with Crippen LogP contribution in [0.5, 0.6) is 0 Å². The molecule has 1 heterocycles. The van der Waals surface area contributed by atoms with Crippen molar-refractivity contribution in [2.24, 2.45) is 0 Å². The van der Waals surface area contributed by atoms with E-state index in [0.29, 0.717) is 12.1 Å². The van der Waals surface area contributed by atoms with E-state index in [4.69, 9.17) is 4.42 Å². The molecule has 0 aliphatic heterocycles. The summed E-state index contributed by atoms with van der Waals surface area (Å²) in [5, 5.41) is 2.75. The van der Waals surface area contributed by atoms with Crippen LogP contribution in [-0.2, 0) is 11.0 Å². The van der Waals surface area contributed by atoms with Gasteiger partial charge in [-0.1, -0.05) is 12.1 Å². The Kier molecular flexibility index (Phi) is 6.03. The number of carbonyl (C=O) groups is 1. The topological polar surface area (TPSA) is 45.5 Å². The molecule has 0 aliphatic carbocycles. The van der Waals surface area contributed by atoms with E-state index in [1.165, 1.54) is 24.3 Å². The summed E-state index contributed by atoms with van der Waals surface area (Å²) in [5.41, 5.74) is -0.209. The van der Waals surface area contributed by atoms with Gasteiger partial charge in [-0.3, -0.25) is 9.69 Å². The van der Waals surface area contributed by atoms with Crippen LogP contribution in [0.2, 0.25) is 0 Å². The first-order valence-electron chi connectivity index (χ1n) is 7.60. The molecule has 134 valence electrons. The summed E-state index contributed by atoms with van der Waals surface area (Å²) in [6.45, 7) is 0.344. The Morgan fingerprint density at radius 2 is 1.92 bits per heavy atom. The van der Waals surface area contributed by atoms with E-state index in [9.17, 15) is 18.0 Å². The van der Waals surface area contributed by atoms with Gasteiger partial charge in [0.15, 0.2) is 0 Å². The molecule has 0 spiro atoms. The van der Waals surface area contributed by atoms with E-state index in [0.717, 1.165) is 17.9 Å². The number of halogens is 3. The van der Waals surface area contributed by atoms with Crippen LogP contribution < -0.4 is 5.32 Å². The Balaban J connectivity index is 1.92. The molecule has 2 rings (SSSR count). The Morgan fingerprint density at radius 3 is 2.44 bits per heavy atom. The first-order chi connectivity index (χ1) is 11.8. The number of furan rings is 1. The maximum atomic E-state index is 12.5. The highest BCUT2D eigenvalue weighted by Crippen LogP contribution is 2.29. The summed E-state index contributed by atoms with van der Waals surface area (Å²) in [5.74, 6) is 0.398. The molecular formula is C18H19F3N2O2. The van der Waals surface area contributed by atoms with Crippen molar-refractivity contribution in [1.29, 1.82) is 0 Å². The van der Waals surface area contributed by atoms with Crippen molar-refractivity contribution in [3.05, 3.63) is 65.6 Å². The molecule has 0 radical (unpaired) electrons. The summed E-state index contributed by atoms with van der Waals surface area (Å²) < 4.78 is 42.8. The zero-order chi connectivity index (χ0) is 18.4. The summed E-state index contributed by atoms with van der Waals surface area (Å²) in [7, 11) is 3.74. The number of benzene rings is 1. The van der Waals surface area contributed by atoms with Gasteiger partial charge in [-0.25, -0.2) is 0 Å². The molecule has 2 aromatic rings. The van der Waals surface area contributed by atoms with Gasteiger partial charge in [-0.2, -0.15) is 13.2 Å². The Bertz CT molecular complexity index is 705. The van der Waals surface area contributed by atoms with Gasteiger partial charge in [0.25, 0.3) is 0 Å². The minimum absolute atomic E-state index is 0.113. The molecule has 1 N–H and O–H groups in total. The molecule has 0 bridgehead atoms. The van der Waals surface area contributed by atoms with Gasteiger partial charge in [0, 0.05) is 12.6 Å². The standard InChI is InChI=1S/C18H19F3N2O2/c1-23(2)15(16-4-3-11-25-16)12-22-17(24)10-7-13-5-8-14(9-6-13)18(19,20)21/h3-11,15H,12H2,1-2H3,(H,22,24). The molecule has 1 aromatic carbocycles. The number of likely N-dealkylation sites (N-methyl/N-ethyl adjacent to an activating group) is 1. The molecule has 1 unspecified atom stereocenters. The first-order valence-corrected chi connectivity index (χ1v) is 7.60. The van der Waals surface area contributed by atoms with E-state index in [-0.39, 0.29) is 11.9 Å². The van der Waals surface area contributed by atoms with Crippen molar-refractivity contribution in [2.75, 3.05) is 20.6 Å². The van der Waals surface area contributed by atoms with Gasteiger partial charge in [-0.05, 0) is 50.0 Å². The van der Waals surface area contributed by atoms with Gasteiger partial charge < -0.3 is 9.73 Å². The van der Waals surface area contributed by atoms with Crippen LogP contribution in [0.25, 0.3) is 6.08 Å². The van der Waals surface area contributed by atoms with Gasteiger partial charge in [-0.15, -0.1) is 0 Å². The number of carbonyl (C=O) groups excluding carboxylic acids is 1. The number of amides is 1. The number of nitrogens with zero attached hydrogens (tertiary/aromatic N) is 1. The molecule has 0 saturated heterocycles. The number of alkyl halides is 3. The van der Waals surface area contributed by atoms with Crippen molar-refractivity contribution >= 4 is 12.0 Å². The molecule has 1 amide bonds. The number of hydrogen-bond acceptors (Lipinski definition) is 3. The van der Waals surface area contributed by atoms with Crippen molar-refractivity contribution in [1.82, 2.24) is 10.2 Å². The zero-order valence-corrected chi connectivity index (χ0v) is 13.9. The summed E-state index contributed by atoms with van der Waals surface area (Å²) in [4.78, 5) is 13.8. The van der Waals surface area contributed by atoms with E-state index >= 15 is 0 Å². The Morgan fingerprint density at radius 1 is 1.24 bits per heavy atom. The minimum Gasteiger partial charge on any atom is -0.468 e. The highest BCUT2D eigenvalue weighted by Gasteiger charge is 2.29. The SMILES string of the molecule is CN(C)C(CNC(=O)C=Cc1ccc(C(F)(F)F)cc1)c1ccco1. The highest BCUT2D eigenvalue weighted by atomic mass is 19.4. The van der Waals surface area contributed by atoms with Crippen molar-refractivity contribution in [3.8, 4) is 0 Å². The lowest BCUT2D eigenvalue weighted by Crippen LogP contribution is -2.33. The predicted molar refractivity (Wildman–Crippen MR) is 88.6 cm³/mol.